The Bertz CT molecular complexity index is 842. The highest BCUT2D eigenvalue weighted by atomic mass is 19.4. The van der Waals surface area contributed by atoms with Gasteiger partial charge in [-0.05, 0) is 55.8 Å². The molecular weight excluding hydrogens is 361 g/mol. The molecule has 0 bridgehead atoms. The molecule has 5 nitrogen and oxygen atoms in total. The molecule has 0 unspecified atom stereocenters. The van der Waals surface area contributed by atoms with Crippen LogP contribution in [-0.2, 0) is 4.79 Å². The van der Waals surface area contributed by atoms with E-state index in [9.17, 15) is 18.0 Å². The van der Waals surface area contributed by atoms with Crippen molar-refractivity contribution < 1.29 is 27.4 Å². The molecular formula is C19H17F3N2O3. The first kappa shape index (κ1) is 18.9. The molecule has 3 rings (SSSR count). The summed E-state index contributed by atoms with van der Waals surface area (Å²) in [6.45, 7) is 1.87. The molecule has 1 aromatic carbocycles. The van der Waals surface area contributed by atoms with Gasteiger partial charge in [-0.1, -0.05) is 23.8 Å². The van der Waals surface area contributed by atoms with Gasteiger partial charge in [0.2, 0.25) is 0 Å². The van der Waals surface area contributed by atoms with Crippen LogP contribution < -0.4 is 14.8 Å². The average molecular weight is 378 g/mol. The number of hydrogen-bond donors (Lipinski definition) is 1. The molecule has 0 radical (unpaired) electrons. The number of halogens is 3. The lowest BCUT2D eigenvalue weighted by atomic mass is 10.0. The summed E-state index contributed by atoms with van der Waals surface area (Å²) in [4.78, 5) is 14.9. The topological polar surface area (TPSA) is 60.5 Å². The SMILES string of the molecule is O=C(Oc1cccnc1Oc1cccc(C=C2CCNCC2)c1)C(F)(F)F. The summed E-state index contributed by atoms with van der Waals surface area (Å²) in [6, 6.07) is 9.61. The smallest absolute Gasteiger partial charge is 0.436 e. The van der Waals surface area contributed by atoms with E-state index >= 15 is 0 Å². The van der Waals surface area contributed by atoms with Crippen molar-refractivity contribution in [3.05, 3.63) is 53.7 Å². The first-order chi connectivity index (χ1) is 12.9. The molecule has 1 saturated heterocycles. The predicted octanol–water partition coefficient (Wildman–Crippen LogP) is 4.11. The number of esters is 1. The van der Waals surface area contributed by atoms with Crippen LogP contribution in [0.2, 0.25) is 0 Å². The monoisotopic (exact) mass is 378 g/mol. The van der Waals surface area contributed by atoms with Gasteiger partial charge in [0.1, 0.15) is 5.75 Å². The number of rotatable bonds is 4. The van der Waals surface area contributed by atoms with E-state index in [1.54, 1.807) is 18.2 Å². The second-order valence-corrected chi connectivity index (χ2v) is 5.92. The Kier molecular flexibility index (Phi) is 5.75. The molecule has 1 aliphatic heterocycles. The van der Waals surface area contributed by atoms with Crippen LogP contribution in [0.4, 0.5) is 13.2 Å². The van der Waals surface area contributed by atoms with Gasteiger partial charge in [-0.15, -0.1) is 0 Å². The van der Waals surface area contributed by atoms with E-state index in [0.29, 0.717) is 5.75 Å². The zero-order valence-electron chi connectivity index (χ0n) is 14.3. The second kappa shape index (κ2) is 8.22. The van der Waals surface area contributed by atoms with Crippen LogP contribution in [0.15, 0.2) is 48.2 Å². The van der Waals surface area contributed by atoms with Crippen molar-refractivity contribution in [2.24, 2.45) is 0 Å². The number of benzene rings is 1. The quantitative estimate of drug-likeness (QED) is 0.812. The van der Waals surface area contributed by atoms with E-state index in [2.05, 4.69) is 21.1 Å². The summed E-state index contributed by atoms with van der Waals surface area (Å²) in [5.74, 6) is -2.57. The number of alkyl halides is 3. The number of carbonyl (C=O) groups excluding carboxylic acids is 1. The largest absolute Gasteiger partial charge is 0.491 e. The molecule has 1 fully saturated rings. The third-order valence-electron chi connectivity index (χ3n) is 3.86. The molecule has 0 atom stereocenters. The van der Waals surface area contributed by atoms with Crippen LogP contribution in [0, 0.1) is 0 Å². The Hall–Kier alpha value is -2.87. The maximum Gasteiger partial charge on any atom is 0.491 e. The molecule has 0 spiro atoms. The van der Waals surface area contributed by atoms with Gasteiger partial charge >= 0.3 is 12.1 Å². The lowest BCUT2D eigenvalue weighted by Gasteiger charge is -2.15. The third kappa shape index (κ3) is 5.30. The Morgan fingerprint density at radius 2 is 1.93 bits per heavy atom. The standard InChI is InChI=1S/C19H17F3N2O3/c20-19(21,22)18(25)27-16-5-2-8-24-17(16)26-15-4-1-3-14(12-15)11-13-6-9-23-10-7-13/h1-5,8,11-12,23H,6-7,9-10H2. The highest BCUT2D eigenvalue weighted by Crippen LogP contribution is 2.31. The zero-order chi connectivity index (χ0) is 19.3. The second-order valence-electron chi connectivity index (χ2n) is 5.92. The number of aromatic nitrogens is 1. The van der Waals surface area contributed by atoms with E-state index in [4.69, 9.17) is 4.74 Å². The van der Waals surface area contributed by atoms with Crippen molar-refractivity contribution >= 4 is 12.0 Å². The third-order valence-corrected chi connectivity index (χ3v) is 3.86. The summed E-state index contributed by atoms with van der Waals surface area (Å²) in [5.41, 5.74) is 2.22. The fourth-order valence-electron chi connectivity index (χ4n) is 2.60. The number of ether oxygens (including phenoxy) is 2. The fourth-order valence-corrected chi connectivity index (χ4v) is 2.60. The normalized spacial score (nSPS) is 14.6. The van der Waals surface area contributed by atoms with Gasteiger partial charge < -0.3 is 14.8 Å². The first-order valence-electron chi connectivity index (χ1n) is 8.34. The molecule has 1 aliphatic rings. The van der Waals surface area contributed by atoms with Crippen LogP contribution in [0.3, 0.4) is 0 Å². The van der Waals surface area contributed by atoms with E-state index in [-0.39, 0.29) is 5.88 Å². The van der Waals surface area contributed by atoms with Gasteiger partial charge in [0.25, 0.3) is 5.88 Å². The van der Waals surface area contributed by atoms with Gasteiger partial charge in [0.15, 0.2) is 5.75 Å². The maximum atomic E-state index is 12.4. The minimum absolute atomic E-state index is 0.221. The van der Waals surface area contributed by atoms with E-state index in [1.807, 2.05) is 6.07 Å². The lowest BCUT2D eigenvalue weighted by molar-refractivity contribution is -0.189. The van der Waals surface area contributed by atoms with Crippen LogP contribution in [0.25, 0.3) is 6.08 Å². The molecule has 8 heteroatoms. The number of nitrogens with one attached hydrogen (secondary N) is 1. The Balaban J connectivity index is 1.78. The van der Waals surface area contributed by atoms with Crippen molar-refractivity contribution in [1.29, 1.82) is 0 Å². The molecule has 2 aromatic rings. The molecule has 1 aromatic heterocycles. The average Bonchev–Trinajstić information content (AvgIpc) is 2.64. The van der Waals surface area contributed by atoms with Crippen molar-refractivity contribution in [3.63, 3.8) is 0 Å². The van der Waals surface area contributed by atoms with Crippen LogP contribution in [0.5, 0.6) is 17.4 Å². The van der Waals surface area contributed by atoms with Crippen molar-refractivity contribution in [3.8, 4) is 17.4 Å². The minimum atomic E-state index is -5.10. The Morgan fingerprint density at radius 3 is 2.67 bits per heavy atom. The summed E-state index contributed by atoms with van der Waals surface area (Å²) in [7, 11) is 0. The number of nitrogens with zero attached hydrogens (tertiary/aromatic N) is 1. The Labute approximate surface area is 153 Å². The number of piperidine rings is 1. The van der Waals surface area contributed by atoms with Gasteiger partial charge in [-0.2, -0.15) is 13.2 Å². The van der Waals surface area contributed by atoms with Crippen molar-refractivity contribution in [2.45, 2.75) is 19.0 Å². The summed E-state index contributed by atoms with van der Waals surface area (Å²) in [5, 5.41) is 3.28. The molecule has 2 heterocycles. The van der Waals surface area contributed by atoms with Crippen molar-refractivity contribution in [2.75, 3.05) is 13.1 Å². The first-order valence-corrected chi connectivity index (χ1v) is 8.34. The summed E-state index contributed by atoms with van der Waals surface area (Å²) < 4.78 is 47.2. The molecule has 142 valence electrons. The van der Waals surface area contributed by atoms with Gasteiger partial charge in [-0.25, -0.2) is 9.78 Å². The van der Waals surface area contributed by atoms with Gasteiger partial charge in [-0.3, -0.25) is 0 Å². The Morgan fingerprint density at radius 1 is 1.15 bits per heavy atom. The maximum absolute atomic E-state index is 12.4. The number of carbonyl (C=O) groups is 1. The summed E-state index contributed by atoms with van der Waals surface area (Å²) >= 11 is 0. The van der Waals surface area contributed by atoms with Crippen molar-refractivity contribution in [1.82, 2.24) is 10.3 Å². The fraction of sp³-hybridized carbons (Fsp3) is 0.263. The zero-order valence-corrected chi connectivity index (χ0v) is 14.3. The number of pyridine rings is 1. The van der Waals surface area contributed by atoms with Crippen LogP contribution in [0.1, 0.15) is 18.4 Å². The molecule has 1 N–H and O–H groups in total. The van der Waals surface area contributed by atoms with Crippen LogP contribution in [-0.4, -0.2) is 30.2 Å². The van der Waals surface area contributed by atoms with E-state index in [0.717, 1.165) is 31.5 Å². The molecule has 0 saturated carbocycles. The summed E-state index contributed by atoms with van der Waals surface area (Å²) in [6.07, 6.45) is 0.220. The van der Waals surface area contributed by atoms with E-state index < -0.39 is 17.9 Å². The molecule has 27 heavy (non-hydrogen) atoms. The lowest BCUT2D eigenvalue weighted by Crippen LogP contribution is -2.28. The van der Waals surface area contributed by atoms with E-state index in [1.165, 1.54) is 23.9 Å². The predicted molar refractivity (Wildman–Crippen MR) is 92.5 cm³/mol. The highest BCUT2D eigenvalue weighted by Gasteiger charge is 2.42. The molecule has 0 amide bonds. The van der Waals surface area contributed by atoms with Gasteiger partial charge in [0.05, 0.1) is 0 Å². The number of hydrogen-bond acceptors (Lipinski definition) is 5. The highest BCUT2D eigenvalue weighted by molar-refractivity contribution is 5.78. The minimum Gasteiger partial charge on any atom is -0.436 e. The van der Waals surface area contributed by atoms with Crippen LogP contribution >= 0.6 is 0 Å². The molecule has 0 aliphatic carbocycles. The van der Waals surface area contributed by atoms with Gasteiger partial charge in [0, 0.05) is 6.20 Å².